The highest BCUT2D eigenvalue weighted by molar-refractivity contribution is 7.21. The van der Waals surface area contributed by atoms with Crippen molar-refractivity contribution in [1.29, 1.82) is 0 Å². The number of thiazole rings is 1. The molecule has 3 aromatic rings. The molecular formula is C13H8ClN3O3S. The van der Waals surface area contributed by atoms with Crippen molar-refractivity contribution in [3.63, 3.8) is 0 Å². The van der Waals surface area contributed by atoms with Gasteiger partial charge in [0.2, 0.25) is 5.88 Å². The molecule has 1 aromatic carbocycles. The van der Waals surface area contributed by atoms with Gasteiger partial charge in [-0.05, 0) is 18.2 Å². The minimum atomic E-state index is -1.51. The summed E-state index contributed by atoms with van der Waals surface area (Å²) < 4.78 is 5.52. The number of nitrogens with zero attached hydrogens (tertiary/aromatic N) is 2. The van der Waals surface area contributed by atoms with Gasteiger partial charge in [0.1, 0.15) is 15.7 Å². The van der Waals surface area contributed by atoms with Crippen molar-refractivity contribution in [2.45, 2.75) is 0 Å². The number of benzene rings is 1. The summed E-state index contributed by atoms with van der Waals surface area (Å²) in [6.45, 7) is 0. The number of carboxylic acid groups (broad SMARTS) is 1. The Balaban J connectivity index is 2.13. The van der Waals surface area contributed by atoms with Crippen LogP contribution in [0.25, 0.3) is 20.9 Å². The Bertz CT molecular complexity index is 817. The molecule has 6 nitrogen and oxygen atoms in total. The summed E-state index contributed by atoms with van der Waals surface area (Å²) in [5, 5.41) is 9.25. The molecule has 106 valence electrons. The summed E-state index contributed by atoms with van der Waals surface area (Å²) in [6, 6.07) is 9.14. The Hall–Kier alpha value is -2.38. The van der Waals surface area contributed by atoms with E-state index in [9.17, 15) is 4.79 Å². The molecule has 3 N–H and O–H groups in total. The zero-order valence-corrected chi connectivity index (χ0v) is 12.0. The number of hydrogen-bond donors (Lipinski definition) is 2. The van der Waals surface area contributed by atoms with E-state index in [1.807, 2.05) is 24.3 Å². The number of nitrogen functional groups attached to an aromatic ring is 1. The van der Waals surface area contributed by atoms with E-state index in [-0.39, 0.29) is 16.6 Å². The normalized spacial score (nSPS) is 10.7. The van der Waals surface area contributed by atoms with Crippen LogP contribution in [0.15, 0.2) is 30.3 Å². The lowest BCUT2D eigenvalue weighted by Crippen LogP contribution is -2.06. The standard InChI is InChI=1S/C13H8ClN3O3S/c14-10-6(15)5-8(16-11(10)20-13(18)19)12-17-7-3-1-2-4-9(7)21-12/h1-5H,(H2,15,16)(H,18,19). The summed E-state index contributed by atoms with van der Waals surface area (Å²) in [6.07, 6.45) is -1.51. The fourth-order valence-electron chi connectivity index (χ4n) is 1.77. The van der Waals surface area contributed by atoms with Gasteiger partial charge in [0, 0.05) is 0 Å². The van der Waals surface area contributed by atoms with E-state index < -0.39 is 6.16 Å². The highest BCUT2D eigenvalue weighted by Gasteiger charge is 2.16. The molecule has 0 amide bonds. The minimum absolute atomic E-state index is 0.0396. The van der Waals surface area contributed by atoms with Crippen LogP contribution in [0.1, 0.15) is 0 Å². The van der Waals surface area contributed by atoms with Crippen LogP contribution in [0.4, 0.5) is 10.5 Å². The highest BCUT2D eigenvalue weighted by atomic mass is 35.5. The molecule has 0 aliphatic carbocycles. The first-order valence-electron chi connectivity index (χ1n) is 5.77. The van der Waals surface area contributed by atoms with E-state index in [4.69, 9.17) is 22.4 Å². The number of hydrogen-bond acceptors (Lipinski definition) is 6. The lowest BCUT2D eigenvalue weighted by molar-refractivity contribution is 0.142. The van der Waals surface area contributed by atoms with Crippen LogP contribution < -0.4 is 10.5 Å². The molecule has 0 aliphatic heterocycles. The number of carbonyl (C=O) groups is 1. The number of pyridine rings is 1. The van der Waals surface area contributed by atoms with E-state index in [0.717, 1.165) is 10.2 Å². The Morgan fingerprint density at radius 1 is 1.33 bits per heavy atom. The number of halogens is 1. The molecule has 2 aromatic heterocycles. The SMILES string of the molecule is Nc1cc(-c2nc3ccccc3s2)nc(OC(=O)O)c1Cl. The third-order valence-corrected chi connectivity index (χ3v) is 4.09. The molecule has 0 atom stereocenters. The molecule has 21 heavy (non-hydrogen) atoms. The second kappa shape index (κ2) is 5.19. The molecule has 3 rings (SSSR count). The van der Waals surface area contributed by atoms with Gasteiger partial charge in [-0.2, -0.15) is 0 Å². The van der Waals surface area contributed by atoms with Gasteiger partial charge in [-0.3, -0.25) is 0 Å². The van der Waals surface area contributed by atoms with Gasteiger partial charge < -0.3 is 15.6 Å². The third kappa shape index (κ3) is 2.61. The predicted molar refractivity (Wildman–Crippen MR) is 80.9 cm³/mol. The van der Waals surface area contributed by atoms with Crippen molar-refractivity contribution in [2.24, 2.45) is 0 Å². The fourth-order valence-corrected chi connectivity index (χ4v) is 2.83. The lowest BCUT2D eigenvalue weighted by atomic mass is 10.3. The fraction of sp³-hybridized carbons (Fsp3) is 0. The number of aromatic nitrogens is 2. The summed E-state index contributed by atoms with van der Waals surface area (Å²) in [7, 11) is 0. The zero-order valence-electron chi connectivity index (χ0n) is 10.4. The van der Waals surface area contributed by atoms with Crippen LogP contribution in [0.5, 0.6) is 5.88 Å². The van der Waals surface area contributed by atoms with E-state index in [1.165, 1.54) is 17.4 Å². The Kier molecular flexibility index (Phi) is 3.36. The number of ether oxygens (including phenoxy) is 1. The monoisotopic (exact) mass is 321 g/mol. The summed E-state index contributed by atoms with van der Waals surface area (Å²) in [5.41, 5.74) is 7.18. The van der Waals surface area contributed by atoms with Crippen molar-refractivity contribution in [3.05, 3.63) is 35.4 Å². The van der Waals surface area contributed by atoms with E-state index >= 15 is 0 Å². The Labute approximate surface area is 127 Å². The van der Waals surface area contributed by atoms with Crippen LogP contribution in [-0.4, -0.2) is 21.2 Å². The molecule has 0 unspecified atom stereocenters. The number of nitrogens with two attached hydrogens (primary N) is 1. The molecule has 0 fully saturated rings. The van der Waals surface area contributed by atoms with Crippen LogP contribution in [-0.2, 0) is 0 Å². The van der Waals surface area contributed by atoms with E-state index in [2.05, 4.69) is 14.7 Å². The maximum Gasteiger partial charge on any atom is 0.512 e. The molecule has 8 heteroatoms. The smallest absolute Gasteiger partial charge is 0.449 e. The topological polar surface area (TPSA) is 98.3 Å². The van der Waals surface area contributed by atoms with Crippen molar-refractivity contribution in [2.75, 3.05) is 5.73 Å². The average Bonchev–Trinajstić information content (AvgIpc) is 2.87. The summed E-state index contributed by atoms with van der Waals surface area (Å²) in [4.78, 5) is 19.1. The lowest BCUT2D eigenvalue weighted by Gasteiger charge is -2.06. The molecular weight excluding hydrogens is 314 g/mol. The second-order valence-corrected chi connectivity index (χ2v) is 5.48. The average molecular weight is 322 g/mol. The first-order valence-corrected chi connectivity index (χ1v) is 6.97. The van der Waals surface area contributed by atoms with Crippen LogP contribution in [0.3, 0.4) is 0 Å². The van der Waals surface area contributed by atoms with Gasteiger partial charge in [0.15, 0.2) is 0 Å². The zero-order chi connectivity index (χ0) is 15.0. The van der Waals surface area contributed by atoms with Crippen molar-refractivity contribution >= 4 is 45.0 Å². The third-order valence-electron chi connectivity index (χ3n) is 2.65. The predicted octanol–water partition coefficient (Wildman–Crippen LogP) is 3.65. The quantitative estimate of drug-likeness (QED) is 0.699. The molecule has 2 heterocycles. The van der Waals surface area contributed by atoms with Crippen molar-refractivity contribution < 1.29 is 14.6 Å². The van der Waals surface area contributed by atoms with Crippen LogP contribution in [0, 0.1) is 0 Å². The van der Waals surface area contributed by atoms with E-state index in [1.54, 1.807) is 0 Å². The second-order valence-electron chi connectivity index (χ2n) is 4.07. The van der Waals surface area contributed by atoms with Gasteiger partial charge in [-0.25, -0.2) is 14.8 Å². The van der Waals surface area contributed by atoms with Crippen molar-refractivity contribution in [3.8, 4) is 16.6 Å². The van der Waals surface area contributed by atoms with Gasteiger partial charge in [-0.1, -0.05) is 23.7 Å². The molecule has 0 radical (unpaired) electrons. The first kappa shape index (κ1) is 13.6. The minimum Gasteiger partial charge on any atom is -0.449 e. The summed E-state index contributed by atoms with van der Waals surface area (Å²) >= 11 is 7.30. The number of fused-ring (bicyclic) bond motifs is 1. The van der Waals surface area contributed by atoms with Crippen LogP contribution >= 0.6 is 22.9 Å². The van der Waals surface area contributed by atoms with Crippen molar-refractivity contribution in [1.82, 2.24) is 9.97 Å². The maximum atomic E-state index is 10.6. The number of para-hydroxylation sites is 1. The van der Waals surface area contributed by atoms with Gasteiger partial charge in [0.05, 0.1) is 15.9 Å². The maximum absolute atomic E-state index is 10.6. The Morgan fingerprint density at radius 2 is 2.10 bits per heavy atom. The van der Waals surface area contributed by atoms with Gasteiger partial charge in [0.25, 0.3) is 0 Å². The number of rotatable bonds is 2. The molecule has 0 saturated heterocycles. The molecule has 0 aliphatic rings. The Morgan fingerprint density at radius 3 is 2.81 bits per heavy atom. The largest absolute Gasteiger partial charge is 0.512 e. The molecule has 0 bridgehead atoms. The van der Waals surface area contributed by atoms with Crippen LogP contribution in [0.2, 0.25) is 5.02 Å². The first-order chi connectivity index (χ1) is 10.0. The van der Waals surface area contributed by atoms with Gasteiger partial charge in [-0.15, -0.1) is 11.3 Å². The highest BCUT2D eigenvalue weighted by Crippen LogP contribution is 2.35. The molecule has 0 saturated carbocycles. The summed E-state index contributed by atoms with van der Waals surface area (Å²) in [5.74, 6) is -0.251. The van der Waals surface area contributed by atoms with E-state index in [0.29, 0.717) is 10.7 Å². The number of anilines is 1. The van der Waals surface area contributed by atoms with Gasteiger partial charge >= 0.3 is 6.16 Å². The molecule has 0 spiro atoms.